The summed E-state index contributed by atoms with van der Waals surface area (Å²) in [5, 5.41) is 7.05. The Kier molecular flexibility index (Phi) is 6.65. The van der Waals surface area contributed by atoms with Gasteiger partial charge in [0.25, 0.3) is 0 Å². The van der Waals surface area contributed by atoms with Crippen LogP contribution in [0.3, 0.4) is 0 Å². The molecule has 2 rings (SSSR count). The molecule has 1 aromatic carbocycles. The van der Waals surface area contributed by atoms with Crippen LogP contribution in [0, 0.1) is 0 Å². The molecule has 1 heterocycles. The van der Waals surface area contributed by atoms with Crippen molar-refractivity contribution in [1.29, 1.82) is 0 Å². The molecule has 6 heteroatoms. The highest BCUT2D eigenvalue weighted by atomic mass is 32.2. The first-order chi connectivity index (χ1) is 11.2. The fourth-order valence-electron chi connectivity index (χ4n) is 2.29. The van der Waals surface area contributed by atoms with E-state index in [2.05, 4.69) is 24.0 Å². The molecular weight excluding hydrogens is 310 g/mol. The summed E-state index contributed by atoms with van der Waals surface area (Å²) in [6.07, 6.45) is 4.04. The second-order valence-corrected chi connectivity index (χ2v) is 6.42. The molecule has 0 saturated carbocycles. The lowest BCUT2D eigenvalue weighted by Crippen LogP contribution is -2.18. The molecule has 0 atom stereocenters. The molecule has 5 nitrogen and oxygen atoms in total. The Hall–Kier alpha value is -1.82. The van der Waals surface area contributed by atoms with Crippen molar-refractivity contribution in [2.45, 2.75) is 51.2 Å². The van der Waals surface area contributed by atoms with Crippen LogP contribution in [0.2, 0.25) is 0 Å². The van der Waals surface area contributed by atoms with Crippen LogP contribution in [0.25, 0.3) is 0 Å². The molecule has 124 valence electrons. The minimum atomic E-state index is -0.211. The van der Waals surface area contributed by atoms with Crippen molar-refractivity contribution < 1.29 is 4.79 Å². The zero-order valence-corrected chi connectivity index (χ0v) is 14.5. The summed E-state index contributed by atoms with van der Waals surface area (Å²) in [5.41, 5.74) is 1.74. The molecule has 0 aliphatic carbocycles. The van der Waals surface area contributed by atoms with Crippen LogP contribution >= 0.6 is 11.8 Å². The monoisotopic (exact) mass is 333 g/mol. The molecule has 1 N–H and O–H groups in total. The van der Waals surface area contributed by atoms with E-state index in [1.165, 1.54) is 17.3 Å². The first kappa shape index (κ1) is 17.5. The number of aryl methyl sites for hydroxylation is 1. The van der Waals surface area contributed by atoms with Crippen LogP contribution in [-0.4, -0.2) is 26.3 Å². The Labute approximate surface area is 140 Å². The molecule has 0 saturated heterocycles. The van der Waals surface area contributed by atoms with Crippen molar-refractivity contribution in [2.24, 2.45) is 0 Å². The number of thioether (sulfide) groups is 1. The van der Waals surface area contributed by atoms with Crippen molar-refractivity contribution >= 4 is 17.5 Å². The Morgan fingerprint density at radius 3 is 2.61 bits per heavy atom. The minimum absolute atomic E-state index is 0.0514. The highest BCUT2D eigenvalue weighted by Crippen LogP contribution is 2.16. The summed E-state index contributed by atoms with van der Waals surface area (Å²) in [7, 11) is 0. The summed E-state index contributed by atoms with van der Waals surface area (Å²) in [6, 6.07) is 7.77. The molecule has 0 spiro atoms. The largest absolute Gasteiger partial charge is 0.343 e. The number of aromatic nitrogens is 3. The van der Waals surface area contributed by atoms with Gasteiger partial charge in [0, 0.05) is 12.1 Å². The SMILES string of the molecule is CCCCn1c(SCC(=O)c2ccc(CCC)cc2)n[nH]c1=O. The van der Waals surface area contributed by atoms with Gasteiger partial charge in [-0.1, -0.05) is 62.7 Å². The van der Waals surface area contributed by atoms with Gasteiger partial charge in [-0.25, -0.2) is 9.89 Å². The number of rotatable bonds is 9. The first-order valence-electron chi connectivity index (χ1n) is 8.05. The van der Waals surface area contributed by atoms with Crippen LogP contribution < -0.4 is 5.69 Å². The van der Waals surface area contributed by atoms with E-state index in [9.17, 15) is 9.59 Å². The first-order valence-corrected chi connectivity index (χ1v) is 9.04. The van der Waals surface area contributed by atoms with Crippen molar-refractivity contribution in [3.8, 4) is 0 Å². The maximum atomic E-state index is 12.3. The van der Waals surface area contributed by atoms with Gasteiger partial charge in [-0.3, -0.25) is 9.36 Å². The van der Waals surface area contributed by atoms with Gasteiger partial charge in [-0.2, -0.15) is 0 Å². The van der Waals surface area contributed by atoms with Gasteiger partial charge in [0.15, 0.2) is 10.9 Å². The predicted molar refractivity (Wildman–Crippen MR) is 93.2 cm³/mol. The number of H-pyrrole nitrogens is 1. The Bertz CT molecular complexity index is 689. The molecule has 0 amide bonds. The van der Waals surface area contributed by atoms with E-state index in [1.54, 1.807) is 4.57 Å². The van der Waals surface area contributed by atoms with Gasteiger partial charge < -0.3 is 0 Å². The molecule has 0 radical (unpaired) electrons. The van der Waals surface area contributed by atoms with E-state index in [0.29, 0.717) is 17.3 Å². The minimum Gasteiger partial charge on any atom is -0.293 e. The summed E-state index contributed by atoms with van der Waals surface area (Å²) >= 11 is 1.31. The van der Waals surface area contributed by atoms with Crippen molar-refractivity contribution in [2.75, 3.05) is 5.75 Å². The fraction of sp³-hybridized carbons (Fsp3) is 0.471. The molecule has 0 aliphatic rings. The summed E-state index contributed by atoms with van der Waals surface area (Å²) in [4.78, 5) is 24.0. The second-order valence-electron chi connectivity index (χ2n) is 5.48. The number of ketones is 1. The van der Waals surface area contributed by atoms with Crippen LogP contribution in [0.4, 0.5) is 0 Å². The van der Waals surface area contributed by atoms with Crippen LogP contribution in [0.5, 0.6) is 0 Å². The smallest absolute Gasteiger partial charge is 0.293 e. The molecule has 0 bridgehead atoms. The van der Waals surface area contributed by atoms with E-state index < -0.39 is 0 Å². The highest BCUT2D eigenvalue weighted by molar-refractivity contribution is 7.99. The summed E-state index contributed by atoms with van der Waals surface area (Å²) in [6.45, 7) is 4.84. The van der Waals surface area contributed by atoms with E-state index in [1.807, 2.05) is 24.3 Å². The lowest BCUT2D eigenvalue weighted by Gasteiger charge is -2.05. The molecule has 0 fully saturated rings. The molecular formula is C17H23N3O2S. The van der Waals surface area contributed by atoms with Gasteiger partial charge in [-0.15, -0.1) is 5.10 Å². The van der Waals surface area contributed by atoms with E-state index in [-0.39, 0.29) is 17.2 Å². The number of hydrogen-bond donors (Lipinski definition) is 1. The third kappa shape index (κ3) is 4.82. The number of Topliss-reactive ketones (excluding diaryl/α,β-unsaturated/α-hetero) is 1. The van der Waals surface area contributed by atoms with Crippen LogP contribution in [0.1, 0.15) is 49.0 Å². The van der Waals surface area contributed by atoms with Crippen LogP contribution in [-0.2, 0) is 13.0 Å². The fourth-order valence-corrected chi connectivity index (χ4v) is 3.15. The van der Waals surface area contributed by atoms with Gasteiger partial charge in [0.2, 0.25) is 0 Å². The van der Waals surface area contributed by atoms with E-state index in [0.717, 1.165) is 25.7 Å². The van der Waals surface area contributed by atoms with Gasteiger partial charge in [0.1, 0.15) is 0 Å². The Morgan fingerprint density at radius 2 is 1.96 bits per heavy atom. The molecule has 0 aliphatic heterocycles. The van der Waals surface area contributed by atoms with E-state index in [4.69, 9.17) is 0 Å². The number of nitrogens with one attached hydrogen (secondary N) is 1. The highest BCUT2D eigenvalue weighted by Gasteiger charge is 2.12. The number of nitrogens with zero attached hydrogens (tertiary/aromatic N) is 2. The topological polar surface area (TPSA) is 67.8 Å². The molecule has 1 aromatic heterocycles. The maximum Gasteiger partial charge on any atom is 0.343 e. The summed E-state index contributed by atoms with van der Waals surface area (Å²) in [5.74, 6) is 0.333. The number of unbranched alkanes of at least 4 members (excludes halogenated alkanes) is 1. The third-order valence-corrected chi connectivity index (χ3v) is 4.58. The third-order valence-electron chi connectivity index (χ3n) is 3.61. The summed E-state index contributed by atoms with van der Waals surface area (Å²) < 4.78 is 1.60. The predicted octanol–water partition coefficient (Wildman–Crippen LogP) is 3.30. The van der Waals surface area contributed by atoms with Gasteiger partial charge in [0.05, 0.1) is 5.75 Å². The van der Waals surface area contributed by atoms with Crippen molar-refractivity contribution in [3.63, 3.8) is 0 Å². The molecule has 23 heavy (non-hydrogen) atoms. The maximum absolute atomic E-state index is 12.3. The zero-order chi connectivity index (χ0) is 16.7. The van der Waals surface area contributed by atoms with Gasteiger partial charge >= 0.3 is 5.69 Å². The Morgan fingerprint density at radius 1 is 1.22 bits per heavy atom. The number of carbonyl (C=O) groups excluding carboxylic acids is 1. The zero-order valence-electron chi connectivity index (χ0n) is 13.7. The number of benzene rings is 1. The number of carbonyl (C=O) groups is 1. The molecule has 0 unspecified atom stereocenters. The lowest BCUT2D eigenvalue weighted by molar-refractivity contribution is 0.102. The van der Waals surface area contributed by atoms with Gasteiger partial charge in [-0.05, 0) is 18.4 Å². The lowest BCUT2D eigenvalue weighted by atomic mass is 10.1. The molecule has 2 aromatic rings. The number of hydrogen-bond acceptors (Lipinski definition) is 4. The normalized spacial score (nSPS) is 10.9. The average Bonchev–Trinajstić information content (AvgIpc) is 2.91. The van der Waals surface area contributed by atoms with Crippen molar-refractivity contribution in [3.05, 3.63) is 45.9 Å². The standard InChI is InChI=1S/C17H23N3O2S/c1-3-5-11-20-16(22)18-19-17(20)23-12-15(21)14-9-7-13(6-4-2)8-10-14/h7-10H,3-6,11-12H2,1-2H3,(H,18,22). The van der Waals surface area contributed by atoms with E-state index >= 15 is 0 Å². The second kappa shape index (κ2) is 8.72. The van der Waals surface area contributed by atoms with Crippen LogP contribution in [0.15, 0.2) is 34.2 Å². The average molecular weight is 333 g/mol. The van der Waals surface area contributed by atoms with Crippen molar-refractivity contribution in [1.82, 2.24) is 14.8 Å². The number of aromatic amines is 1. The Balaban J connectivity index is 1.97. The quantitative estimate of drug-likeness (QED) is 0.565.